The number of allylic oxidation sites excluding steroid dienone is 12. The molecular formula is C76H136O6. The Kier molecular flexibility index (Phi) is 67.6. The highest BCUT2D eigenvalue weighted by molar-refractivity contribution is 5.71. The number of ether oxygens (including phenoxy) is 3. The standard InChI is InChI=1S/C76H136O6/c1-4-7-10-13-16-19-22-24-26-28-30-31-32-33-34-35-36-37-38-39-40-41-42-43-44-45-46-48-49-51-54-57-60-63-66-69-75(78)81-72-73(71-80-74(77)68-65-62-59-56-53-21-18-15-12-9-6-3)82-76(79)70-67-64-61-58-55-52-50-47-29-27-25-23-20-17-14-11-8-5-2/h7,10,16,19,24,26-27,29-31,33-34,73H,4-6,8-9,11-15,17-18,20-23,25,28,32,35-72H2,1-3H3/b10-7-,19-16-,26-24-,29-27-,31-30-,34-33-. The highest BCUT2D eigenvalue weighted by Crippen LogP contribution is 2.18. The van der Waals surface area contributed by atoms with Crippen LogP contribution < -0.4 is 0 Å². The summed E-state index contributed by atoms with van der Waals surface area (Å²) >= 11 is 0. The van der Waals surface area contributed by atoms with Crippen molar-refractivity contribution in [2.45, 2.75) is 380 Å². The van der Waals surface area contributed by atoms with Crippen molar-refractivity contribution in [3.63, 3.8) is 0 Å². The smallest absolute Gasteiger partial charge is 0.306 e. The second kappa shape index (κ2) is 70.3. The zero-order valence-corrected chi connectivity index (χ0v) is 54.8. The van der Waals surface area contributed by atoms with Gasteiger partial charge in [-0.1, -0.05) is 338 Å². The van der Waals surface area contributed by atoms with Gasteiger partial charge in [-0.15, -0.1) is 0 Å². The molecule has 0 rings (SSSR count). The van der Waals surface area contributed by atoms with Gasteiger partial charge in [0.15, 0.2) is 6.10 Å². The highest BCUT2D eigenvalue weighted by Gasteiger charge is 2.19. The Balaban J connectivity index is 4.09. The lowest BCUT2D eigenvalue weighted by Crippen LogP contribution is -2.30. The molecule has 0 saturated heterocycles. The third-order valence-corrected chi connectivity index (χ3v) is 15.9. The predicted octanol–water partition coefficient (Wildman–Crippen LogP) is 24.8. The number of carbonyl (C=O) groups is 3. The molecule has 1 unspecified atom stereocenters. The molecule has 82 heavy (non-hydrogen) atoms. The Morgan fingerprint density at radius 3 is 0.756 bits per heavy atom. The monoisotopic (exact) mass is 1150 g/mol. The van der Waals surface area contributed by atoms with E-state index in [0.717, 1.165) is 89.9 Å². The van der Waals surface area contributed by atoms with Crippen molar-refractivity contribution >= 4 is 17.9 Å². The first-order valence-electron chi connectivity index (χ1n) is 35.9. The molecule has 0 aliphatic rings. The molecule has 476 valence electrons. The van der Waals surface area contributed by atoms with E-state index in [2.05, 4.69) is 93.7 Å². The molecule has 0 fully saturated rings. The van der Waals surface area contributed by atoms with Crippen LogP contribution in [0.5, 0.6) is 0 Å². The van der Waals surface area contributed by atoms with Crippen molar-refractivity contribution in [3.05, 3.63) is 72.9 Å². The molecular weight excluding hydrogens is 1010 g/mol. The molecule has 0 spiro atoms. The van der Waals surface area contributed by atoms with Gasteiger partial charge in [0.25, 0.3) is 0 Å². The molecule has 0 N–H and O–H groups in total. The van der Waals surface area contributed by atoms with Gasteiger partial charge in [-0.05, 0) is 89.9 Å². The minimum absolute atomic E-state index is 0.0702. The normalized spacial score (nSPS) is 12.5. The molecule has 0 amide bonds. The second-order valence-corrected chi connectivity index (χ2v) is 24.1. The van der Waals surface area contributed by atoms with E-state index < -0.39 is 6.10 Å². The zero-order chi connectivity index (χ0) is 59.2. The fourth-order valence-corrected chi connectivity index (χ4v) is 10.6. The lowest BCUT2D eigenvalue weighted by molar-refractivity contribution is -0.167. The van der Waals surface area contributed by atoms with E-state index in [1.165, 1.54) is 244 Å². The average molecular weight is 1150 g/mol. The van der Waals surface area contributed by atoms with E-state index in [1.54, 1.807) is 0 Å². The van der Waals surface area contributed by atoms with E-state index in [-0.39, 0.29) is 31.1 Å². The summed E-state index contributed by atoms with van der Waals surface area (Å²) in [7, 11) is 0. The zero-order valence-electron chi connectivity index (χ0n) is 54.8. The summed E-state index contributed by atoms with van der Waals surface area (Å²) in [5.74, 6) is -0.852. The maximum atomic E-state index is 12.9. The summed E-state index contributed by atoms with van der Waals surface area (Å²) in [6.07, 6.45) is 92.3. The third kappa shape index (κ3) is 67.6. The van der Waals surface area contributed by atoms with Gasteiger partial charge in [0, 0.05) is 19.3 Å². The fourth-order valence-electron chi connectivity index (χ4n) is 10.6. The molecule has 0 radical (unpaired) electrons. The van der Waals surface area contributed by atoms with Gasteiger partial charge in [0.05, 0.1) is 0 Å². The van der Waals surface area contributed by atoms with Gasteiger partial charge in [-0.3, -0.25) is 14.4 Å². The number of hydrogen-bond acceptors (Lipinski definition) is 6. The SMILES string of the molecule is CC/C=C\C/C=C\C/C=C\C/C=C\C/C=C\CCCCCCCCCCCCCCCCCCCCCC(=O)OCC(COC(=O)CCCCCCCCCCCCC)OC(=O)CCCCCCCCC/C=C\CCCCCCCCC. The maximum absolute atomic E-state index is 12.9. The van der Waals surface area contributed by atoms with Crippen molar-refractivity contribution in [2.24, 2.45) is 0 Å². The van der Waals surface area contributed by atoms with Crippen LogP contribution in [0.25, 0.3) is 0 Å². The van der Waals surface area contributed by atoms with Crippen LogP contribution in [0.15, 0.2) is 72.9 Å². The minimum atomic E-state index is -0.773. The second-order valence-electron chi connectivity index (χ2n) is 24.1. The molecule has 0 aromatic heterocycles. The lowest BCUT2D eigenvalue weighted by Gasteiger charge is -2.18. The predicted molar refractivity (Wildman–Crippen MR) is 358 cm³/mol. The van der Waals surface area contributed by atoms with Crippen LogP contribution in [-0.2, 0) is 28.6 Å². The molecule has 1 atom stereocenters. The molecule has 0 aliphatic heterocycles. The summed E-state index contributed by atoms with van der Waals surface area (Å²) in [5.41, 5.74) is 0. The Morgan fingerprint density at radius 2 is 0.476 bits per heavy atom. The van der Waals surface area contributed by atoms with E-state index in [1.807, 2.05) is 0 Å². The number of unbranched alkanes of at least 4 members (excludes halogenated alkanes) is 43. The number of hydrogen-bond donors (Lipinski definition) is 0. The van der Waals surface area contributed by atoms with Gasteiger partial charge >= 0.3 is 17.9 Å². The van der Waals surface area contributed by atoms with Crippen molar-refractivity contribution in [1.82, 2.24) is 0 Å². The first kappa shape index (κ1) is 78.8. The van der Waals surface area contributed by atoms with Crippen molar-refractivity contribution in [1.29, 1.82) is 0 Å². The largest absolute Gasteiger partial charge is 0.462 e. The van der Waals surface area contributed by atoms with E-state index in [4.69, 9.17) is 14.2 Å². The van der Waals surface area contributed by atoms with Gasteiger partial charge in [-0.25, -0.2) is 0 Å². The Morgan fingerprint density at radius 1 is 0.256 bits per heavy atom. The summed E-state index contributed by atoms with van der Waals surface area (Å²) in [4.78, 5) is 38.3. The number of esters is 3. The minimum Gasteiger partial charge on any atom is -0.462 e. The van der Waals surface area contributed by atoms with Crippen LogP contribution in [0.4, 0.5) is 0 Å². The molecule has 0 aromatic rings. The van der Waals surface area contributed by atoms with Crippen LogP contribution in [0.2, 0.25) is 0 Å². The van der Waals surface area contributed by atoms with Crippen LogP contribution in [0, 0.1) is 0 Å². The molecule has 0 heterocycles. The van der Waals surface area contributed by atoms with E-state index in [0.29, 0.717) is 19.3 Å². The van der Waals surface area contributed by atoms with Crippen molar-refractivity contribution in [3.8, 4) is 0 Å². The molecule has 6 nitrogen and oxygen atoms in total. The van der Waals surface area contributed by atoms with E-state index >= 15 is 0 Å². The Bertz CT molecular complexity index is 1500. The topological polar surface area (TPSA) is 78.9 Å². The van der Waals surface area contributed by atoms with Crippen molar-refractivity contribution < 1.29 is 28.6 Å². The van der Waals surface area contributed by atoms with Crippen LogP contribution in [-0.4, -0.2) is 37.2 Å². The third-order valence-electron chi connectivity index (χ3n) is 15.9. The number of rotatable bonds is 66. The average Bonchev–Trinajstić information content (AvgIpc) is 3.47. The highest BCUT2D eigenvalue weighted by atomic mass is 16.6. The van der Waals surface area contributed by atoms with E-state index in [9.17, 15) is 14.4 Å². The molecule has 0 saturated carbocycles. The first-order valence-corrected chi connectivity index (χ1v) is 35.9. The molecule has 0 bridgehead atoms. The first-order chi connectivity index (χ1) is 40.5. The van der Waals surface area contributed by atoms with Gasteiger partial charge in [-0.2, -0.15) is 0 Å². The summed E-state index contributed by atoms with van der Waals surface area (Å²) in [6.45, 7) is 6.57. The van der Waals surface area contributed by atoms with Gasteiger partial charge < -0.3 is 14.2 Å². The Hall–Kier alpha value is -3.15. The Labute approximate surface area is 510 Å². The van der Waals surface area contributed by atoms with Crippen LogP contribution in [0.1, 0.15) is 374 Å². The van der Waals surface area contributed by atoms with Crippen LogP contribution >= 0.6 is 0 Å². The molecule has 0 aliphatic carbocycles. The lowest BCUT2D eigenvalue weighted by atomic mass is 10.0. The molecule has 6 heteroatoms. The quantitative estimate of drug-likeness (QED) is 0.0261. The summed E-state index contributed by atoms with van der Waals surface area (Å²) in [5, 5.41) is 0. The number of carbonyl (C=O) groups excluding carboxylic acids is 3. The van der Waals surface area contributed by atoms with Gasteiger partial charge in [0.2, 0.25) is 0 Å². The molecule has 0 aromatic carbocycles. The maximum Gasteiger partial charge on any atom is 0.306 e. The van der Waals surface area contributed by atoms with Crippen LogP contribution in [0.3, 0.4) is 0 Å². The van der Waals surface area contributed by atoms with Crippen molar-refractivity contribution in [2.75, 3.05) is 13.2 Å². The summed E-state index contributed by atoms with van der Waals surface area (Å²) in [6, 6.07) is 0. The van der Waals surface area contributed by atoms with Gasteiger partial charge in [0.1, 0.15) is 13.2 Å². The fraction of sp³-hybridized carbons (Fsp3) is 0.803. The summed E-state index contributed by atoms with van der Waals surface area (Å²) < 4.78 is 17.0.